The van der Waals surface area contributed by atoms with E-state index in [1.807, 2.05) is 32.0 Å². The fourth-order valence-electron chi connectivity index (χ4n) is 1.95. The number of benzene rings is 1. The summed E-state index contributed by atoms with van der Waals surface area (Å²) in [7, 11) is 0. The Morgan fingerprint density at radius 2 is 1.95 bits per heavy atom. The summed E-state index contributed by atoms with van der Waals surface area (Å²) in [4.78, 5) is 11.7. The minimum atomic E-state index is -0.238. The Hall–Kier alpha value is -1.35. The van der Waals surface area contributed by atoms with E-state index < -0.39 is 0 Å². The molecular weight excluding hydrogens is 240 g/mol. The molecule has 0 heterocycles. The lowest BCUT2D eigenvalue weighted by Gasteiger charge is -2.09. The Morgan fingerprint density at radius 3 is 2.63 bits per heavy atom. The summed E-state index contributed by atoms with van der Waals surface area (Å²) >= 11 is 0. The van der Waals surface area contributed by atoms with Gasteiger partial charge < -0.3 is 9.47 Å². The molecule has 0 saturated carbocycles. The van der Waals surface area contributed by atoms with E-state index in [4.69, 9.17) is 9.47 Å². The monoisotopic (exact) mass is 264 g/mol. The molecule has 0 unspecified atom stereocenters. The zero-order valence-electron chi connectivity index (χ0n) is 12.2. The van der Waals surface area contributed by atoms with Crippen molar-refractivity contribution >= 4 is 5.97 Å². The smallest absolute Gasteiger partial charge is 0.338 e. The van der Waals surface area contributed by atoms with Crippen LogP contribution in [-0.2, 0) is 15.9 Å². The summed E-state index contributed by atoms with van der Waals surface area (Å²) < 4.78 is 10.3. The molecule has 0 radical (unpaired) electrons. The topological polar surface area (TPSA) is 35.5 Å². The summed E-state index contributed by atoms with van der Waals surface area (Å²) in [6.07, 6.45) is 3.11. The fourth-order valence-corrected chi connectivity index (χ4v) is 1.95. The predicted molar refractivity (Wildman–Crippen MR) is 76.6 cm³/mol. The van der Waals surface area contributed by atoms with Crippen molar-refractivity contribution in [2.24, 2.45) is 0 Å². The van der Waals surface area contributed by atoms with E-state index in [0.29, 0.717) is 12.2 Å². The maximum absolute atomic E-state index is 11.7. The average Bonchev–Trinajstić information content (AvgIpc) is 2.40. The molecule has 1 aromatic carbocycles. The first kappa shape index (κ1) is 15.7. The number of hydrogen-bond donors (Lipinski definition) is 0. The number of unbranched alkanes of at least 4 members (excludes halogenated alkanes) is 1. The lowest BCUT2D eigenvalue weighted by Crippen LogP contribution is -2.06. The Labute approximate surface area is 115 Å². The van der Waals surface area contributed by atoms with Crippen molar-refractivity contribution in [1.82, 2.24) is 0 Å². The molecular formula is C16H24O3. The van der Waals surface area contributed by atoms with Gasteiger partial charge in [0.2, 0.25) is 0 Å². The third-order valence-electron chi connectivity index (χ3n) is 3.05. The molecule has 106 valence electrons. The molecule has 3 nitrogen and oxygen atoms in total. The number of carbonyl (C=O) groups is 1. The van der Waals surface area contributed by atoms with Crippen LogP contribution >= 0.6 is 0 Å². The van der Waals surface area contributed by atoms with Gasteiger partial charge in [0.05, 0.1) is 12.2 Å². The third kappa shape index (κ3) is 5.43. The van der Waals surface area contributed by atoms with Crippen molar-refractivity contribution in [2.45, 2.75) is 40.0 Å². The van der Waals surface area contributed by atoms with Gasteiger partial charge in [-0.25, -0.2) is 4.79 Å². The van der Waals surface area contributed by atoms with Gasteiger partial charge >= 0.3 is 5.97 Å². The number of esters is 1. The summed E-state index contributed by atoms with van der Waals surface area (Å²) in [5.41, 5.74) is 3.10. The highest BCUT2D eigenvalue weighted by Gasteiger charge is 2.08. The lowest BCUT2D eigenvalue weighted by atomic mass is 10.00. The van der Waals surface area contributed by atoms with E-state index >= 15 is 0 Å². The van der Waals surface area contributed by atoms with Gasteiger partial charge in [0.1, 0.15) is 0 Å². The zero-order chi connectivity index (χ0) is 14.1. The van der Waals surface area contributed by atoms with E-state index in [1.165, 1.54) is 11.1 Å². The van der Waals surface area contributed by atoms with Crippen molar-refractivity contribution < 1.29 is 14.3 Å². The molecule has 0 aliphatic carbocycles. The Morgan fingerprint density at radius 1 is 1.16 bits per heavy atom. The van der Waals surface area contributed by atoms with Gasteiger partial charge in [-0.1, -0.05) is 6.07 Å². The van der Waals surface area contributed by atoms with Crippen molar-refractivity contribution in [2.75, 3.05) is 19.8 Å². The molecule has 0 aromatic heterocycles. The molecule has 0 bridgehead atoms. The highest BCUT2D eigenvalue weighted by atomic mass is 16.5. The van der Waals surface area contributed by atoms with Crippen LogP contribution in [0.2, 0.25) is 0 Å². The summed E-state index contributed by atoms with van der Waals surface area (Å²) in [6.45, 7) is 7.90. The Kier molecular flexibility index (Phi) is 7.19. The van der Waals surface area contributed by atoms with Crippen LogP contribution in [0.3, 0.4) is 0 Å². The highest BCUT2D eigenvalue weighted by molar-refractivity contribution is 5.89. The molecule has 0 N–H and O–H groups in total. The summed E-state index contributed by atoms with van der Waals surface area (Å²) in [6, 6.07) is 5.77. The van der Waals surface area contributed by atoms with Gasteiger partial charge in [-0.15, -0.1) is 0 Å². The first-order valence-electron chi connectivity index (χ1n) is 7.03. The van der Waals surface area contributed by atoms with Gasteiger partial charge in [-0.05, 0) is 63.3 Å². The number of aryl methyl sites for hydroxylation is 2. The molecule has 0 fully saturated rings. The van der Waals surface area contributed by atoms with Crippen LogP contribution < -0.4 is 0 Å². The van der Waals surface area contributed by atoms with E-state index in [9.17, 15) is 4.79 Å². The van der Waals surface area contributed by atoms with E-state index in [2.05, 4.69) is 6.92 Å². The van der Waals surface area contributed by atoms with Crippen LogP contribution in [0, 0.1) is 6.92 Å². The van der Waals surface area contributed by atoms with E-state index in [0.717, 1.165) is 32.5 Å². The maximum Gasteiger partial charge on any atom is 0.338 e. The predicted octanol–water partition coefficient (Wildman–Crippen LogP) is 3.53. The summed E-state index contributed by atoms with van der Waals surface area (Å²) in [5.74, 6) is -0.238. The maximum atomic E-state index is 11.7. The SMILES string of the molecule is CCOCCCCc1cc(C(=O)OCC)ccc1C. The number of carbonyl (C=O) groups excluding carboxylic acids is 1. The Bertz CT molecular complexity index is 399. The second-order valence-electron chi connectivity index (χ2n) is 4.52. The van der Waals surface area contributed by atoms with Crippen LogP contribution in [0.5, 0.6) is 0 Å². The van der Waals surface area contributed by atoms with E-state index in [1.54, 1.807) is 0 Å². The molecule has 0 aliphatic rings. The quantitative estimate of drug-likeness (QED) is 0.532. The Balaban J connectivity index is 2.56. The van der Waals surface area contributed by atoms with Crippen LogP contribution in [0.25, 0.3) is 0 Å². The lowest BCUT2D eigenvalue weighted by molar-refractivity contribution is 0.0526. The molecule has 0 saturated heterocycles. The molecule has 0 spiro atoms. The van der Waals surface area contributed by atoms with Crippen molar-refractivity contribution in [3.8, 4) is 0 Å². The minimum Gasteiger partial charge on any atom is -0.462 e. The van der Waals surface area contributed by atoms with Crippen LogP contribution in [0.4, 0.5) is 0 Å². The van der Waals surface area contributed by atoms with Crippen molar-refractivity contribution in [3.05, 3.63) is 34.9 Å². The molecule has 1 rings (SSSR count). The second kappa shape index (κ2) is 8.70. The van der Waals surface area contributed by atoms with Gasteiger partial charge in [0.15, 0.2) is 0 Å². The highest BCUT2D eigenvalue weighted by Crippen LogP contribution is 2.15. The first-order chi connectivity index (χ1) is 9.19. The van der Waals surface area contributed by atoms with Gasteiger partial charge in [-0.2, -0.15) is 0 Å². The van der Waals surface area contributed by atoms with Gasteiger partial charge in [-0.3, -0.25) is 0 Å². The van der Waals surface area contributed by atoms with Crippen molar-refractivity contribution in [3.63, 3.8) is 0 Å². The first-order valence-corrected chi connectivity index (χ1v) is 7.03. The second-order valence-corrected chi connectivity index (χ2v) is 4.52. The molecule has 0 aliphatic heterocycles. The molecule has 1 aromatic rings. The van der Waals surface area contributed by atoms with Gasteiger partial charge in [0.25, 0.3) is 0 Å². The van der Waals surface area contributed by atoms with Crippen LogP contribution in [0.15, 0.2) is 18.2 Å². The third-order valence-corrected chi connectivity index (χ3v) is 3.05. The van der Waals surface area contributed by atoms with Crippen LogP contribution in [-0.4, -0.2) is 25.8 Å². The zero-order valence-corrected chi connectivity index (χ0v) is 12.2. The van der Waals surface area contributed by atoms with Crippen molar-refractivity contribution in [1.29, 1.82) is 0 Å². The fraction of sp³-hybridized carbons (Fsp3) is 0.562. The number of rotatable bonds is 8. The molecule has 0 atom stereocenters. The average molecular weight is 264 g/mol. The normalized spacial score (nSPS) is 10.5. The van der Waals surface area contributed by atoms with Gasteiger partial charge in [0, 0.05) is 13.2 Å². The molecule has 0 amide bonds. The molecule has 19 heavy (non-hydrogen) atoms. The number of hydrogen-bond acceptors (Lipinski definition) is 3. The van der Waals surface area contributed by atoms with Crippen LogP contribution in [0.1, 0.15) is 48.2 Å². The number of ether oxygens (including phenoxy) is 2. The minimum absolute atomic E-state index is 0.238. The summed E-state index contributed by atoms with van der Waals surface area (Å²) in [5, 5.41) is 0. The standard InChI is InChI=1S/C16H24O3/c1-4-18-11-7-6-8-14-12-15(10-9-13(14)3)16(17)19-5-2/h9-10,12H,4-8,11H2,1-3H3. The largest absolute Gasteiger partial charge is 0.462 e. The van der Waals surface area contributed by atoms with E-state index in [-0.39, 0.29) is 5.97 Å². The molecule has 3 heteroatoms.